The summed E-state index contributed by atoms with van der Waals surface area (Å²) in [5.41, 5.74) is 7.35. The van der Waals surface area contributed by atoms with Crippen LogP contribution in [0.5, 0.6) is 5.75 Å². The van der Waals surface area contributed by atoms with E-state index in [1.54, 1.807) is 11.3 Å². The van der Waals surface area contributed by atoms with Gasteiger partial charge >= 0.3 is 0 Å². The Balaban J connectivity index is 2.41. The number of benzene rings is 1. The van der Waals surface area contributed by atoms with Gasteiger partial charge in [-0.15, -0.1) is 11.3 Å². The van der Waals surface area contributed by atoms with Crippen LogP contribution in [-0.4, -0.2) is 6.61 Å². The number of ether oxygens (including phenoxy) is 1. The zero-order valence-corrected chi connectivity index (χ0v) is 15.7. The molecule has 2 aromatic rings. The van der Waals surface area contributed by atoms with Crippen molar-refractivity contribution >= 4 is 59.1 Å². The summed E-state index contributed by atoms with van der Waals surface area (Å²) in [6, 6.07) is 7.75. The maximum atomic E-state index is 6.37. The third kappa shape index (κ3) is 3.61. The lowest BCUT2D eigenvalue weighted by Gasteiger charge is -2.16. The van der Waals surface area contributed by atoms with Crippen LogP contribution in [0.4, 0.5) is 0 Å². The highest BCUT2D eigenvalue weighted by molar-refractivity contribution is 9.13. The van der Waals surface area contributed by atoms with E-state index in [9.17, 15) is 0 Å². The van der Waals surface area contributed by atoms with Gasteiger partial charge in [0, 0.05) is 19.4 Å². The summed E-state index contributed by atoms with van der Waals surface area (Å²) in [5.74, 6) is 0.832. The van der Waals surface area contributed by atoms with Crippen molar-refractivity contribution in [2.45, 2.75) is 13.0 Å². The van der Waals surface area contributed by atoms with Crippen molar-refractivity contribution in [3.05, 3.63) is 47.4 Å². The van der Waals surface area contributed by atoms with Gasteiger partial charge in [0.05, 0.1) is 16.4 Å². The molecule has 2 nitrogen and oxygen atoms in total. The zero-order valence-electron chi connectivity index (χ0n) is 10.1. The minimum absolute atomic E-state index is 0.202. The topological polar surface area (TPSA) is 35.2 Å². The first kappa shape index (κ1) is 15.5. The second-order valence-electron chi connectivity index (χ2n) is 3.86. The van der Waals surface area contributed by atoms with Gasteiger partial charge in [0.1, 0.15) is 5.75 Å². The van der Waals surface area contributed by atoms with E-state index in [-0.39, 0.29) is 6.04 Å². The zero-order chi connectivity index (χ0) is 14.0. The Morgan fingerprint density at radius 1 is 1.26 bits per heavy atom. The van der Waals surface area contributed by atoms with Crippen LogP contribution in [0.1, 0.15) is 23.4 Å². The number of hydrogen-bond donors (Lipinski definition) is 1. The molecule has 0 saturated carbocycles. The van der Waals surface area contributed by atoms with Gasteiger partial charge in [-0.25, -0.2) is 0 Å². The quantitative estimate of drug-likeness (QED) is 0.643. The van der Waals surface area contributed by atoms with Crippen LogP contribution in [0, 0.1) is 0 Å². The molecule has 19 heavy (non-hydrogen) atoms. The van der Waals surface area contributed by atoms with E-state index in [4.69, 9.17) is 10.5 Å². The average Bonchev–Trinajstić information content (AvgIpc) is 2.71. The summed E-state index contributed by atoms with van der Waals surface area (Å²) >= 11 is 12.1. The first-order valence-corrected chi connectivity index (χ1v) is 8.85. The fraction of sp³-hybridized carbons (Fsp3) is 0.231. The molecular weight excluding hydrogens is 458 g/mol. The van der Waals surface area contributed by atoms with Crippen molar-refractivity contribution in [3.8, 4) is 5.75 Å². The third-order valence-electron chi connectivity index (χ3n) is 2.58. The van der Waals surface area contributed by atoms with E-state index in [1.165, 1.54) is 0 Å². The summed E-state index contributed by atoms with van der Waals surface area (Å²) < 4.78 is 8.72. The van der Waals surface area contributed by atoms with Crippen molar-refractivity contribution in [2.24, 2.45) is 5.73 Å². The Labute approximate surface area is 141 Å². The Kier molecular flexibility index (Phi) is 5.48. The van der Waals surface area contributed by atoms with Crippen molar-refractivity contribution < 1.29 is 4.74 Å². The van der Waals surface area contributed by atoms with Crippen molar-refractivity contribution in [1.82, 2.24) is 0 Å². The van der Waals surface area contributed by atoms with Crippen molar-refractivity contribution in [1.29, 1.82) is 0 Å². The number of halogens is 3. The third-order valence-corrected chi connectivity index (χ3v) is 6.41. The first-order valence-electron chi connectivity index (χ1n) is 5.65. The molecule has 1 heterocycles. The number of thiophene rings is 1. The number of nitrogens with two attached hydrogens (primary N) is 1. The van der Waals surface area contributed by atoms with E-state index in [1.807, 2.05) is 31.2 Å². The molecule has 0 bridgehead atoms. The van der Waals surface area contributed by atoms with E-state index >= 15 is 0 Å². The highest BCUT2D eigenvalue weighted by atomic mass is 79.9. The molecule has 1 aromatic carbocycles. The molecule has 0 aliphatic rings. The molecule has 102 valence electrons. The molecule has 0 aliphatic heterocycles. The van der Waals surface area contributed by atoms with Crippen molar-refractivity contribution in [2.75, 3.05) is 6.61 Å². The van der Waals surface area contributed by atoms with Gasteiger partial charge in [-0.3, -0.25) is 0 Å². The van der Waals surface area contributed by atoms with Crippen LogP contribution in [-0.2, 0) is 0 Å². The Morgan fingerprint density at radius 3 is 2.58 bits per heavy atom. The number of hydrogen-bond acceptors (Lipinski definition) is 3. The molecule has 0 radical (unpaired) electrons. The van der Waals surface area contributed by atoms with Crippen LogP contribution in [0.25, 0.3) is 0 Å². The molecule has 2 N–H and O–H groups in total. The summed E-state index contributed by atoms with van der Waals surface area (Å²) in [5, 5.41) is 0. The Bertz CT molecular complexity index is 566. The molecular formula is C13H12Br3NOS. The molecule has 0 saturated heterocycles. The first-order chi connectivity index (χ1) is 9.02. The summed E-state index contributed by atoms with van der Waals surface area (Å²) in [6.07, 6.45) is 0. The smallest absolute Gasteiger partial charge is 0.124 e. The molecule has 1 atom stereocenters. The van der Waals surface area contributed by atoms with E-state index in [0.29, 0.717) is 6.61 Å². The van der Waals surface area contributed by atoms with Crippen LogP contribution < -0.4 is 10.5 Å². The van der Waals surface area contributed by atoms with Crippen LogP contribution in [0.2, 0.25) is 0 Å². The standard InChI is InChI=1S/C13H12Br3NOS/c1-2-18-10-4-3-7(14)5-8(10)12(17)11-6-9(15)13(16)19-11/h3-6,12H,2,17H2,1H3. The fourth-order valence-electron chi connectivity index (χ4n) is 1.72. The van der Waals surface area contributed by atoms with Crippen LogP contribution in [0.3, 0.4) is 0 Å². The van der Waals surface area contributed by atoms with E-state index < -0.39 is 0 Å². The molecule has 6 heteroatoms. The second kappa shape index (κ2) is 6.72. The van der Waals surface area contributed by atoms with Gasteiger partial charge in [0.25, 0.3) is 0 Å². The van der Waals surface area contributed by atoms with E-state index in [0.717, 1.165) is 28.9 Å². The minimum atomic E-state index is -0.202. The summed E-state index contributed by atoms with van der Waals surface area (Å²) in [6.45, 7) is 2.59. The molecule has 2 rings (SSSR count). The van der Waals surface area contributed by atoms with Gasteiger partial charge < -0.3 is 10.5 Å². The highest BCUT2D eigenvalue weighted by Gasteiger charge is 2.18. The highest BCUT2D eigenvalue weighted by Crippen LogP contribution is 2.39. The molecule has 0 amide bonds. The molecule has 1 unspecified atom stereocenters. The van der Waals surface area contributed by atoms with Gasteiger partial charge in [0.15, 0.2) is 0 Å². The van der Waals surface area contributed by atoms with Gasteiger partial charge in [0.2, 0.25) is 0 Å². The average molecular weight is 470 g/mol. The molecule has 1 aromatic heterocycles. The fourth-order valence-corrected chi connectivity index (χ4v) is 4.21. The summed E-state index contributed by atoms with van der Waals surface area (Å²) in [4.78, 5) is 1.08. The van der Waals surface area contributed by atoms with Crippen molar-refractivity contribution in [3.63, 3.8) is 0 Å². The Morgan fingerprint density at radius 2 is 2.00 bits per heavy atom. The van der Waals surface area contributed by atoms with Crippen LogP contribution in [0.15, 0.2) is 37.0 Å². The lowest BCUT2D eigenvalue weighted by atomic mass is 10.1. The van der Waals surface area contributed by atoms with Gasteiger partial charge in [-0.2, -0.15) is 0 Å². The van der Waals surface area contributed by atoms with Gasteiger partial charge in [-0.05, 0) is 63.0 Å². The maximum absolute atomic E-state index is 6.37. The molecule has 0 spiro atoms. The van der Waals surface area contributed by atoms with Gasteiger partial charge in [-0.1, -0.05) is 15.9 Å². The molecule has 0 aliphatic carbocycles. The van der Waals surface area contributed by atoms with E-state index in [2.05, 4.69) is 47.8 Å². The monoisotopic (exact) mass is 467 g/mol. The predicted octanol–water partition coefficient (Wildman–Crippen LogP) is 5.48. The maximum Gasteiger partial charge on any atom is 0.124 e. The minimum Gasteiger partial charge on any atom is -0.494 e. The lowest BCUT2D eigenvalue weighted by molar-refractivity contribution is 0.335. The summed E-state index contributed by atoms with van der Waals surface area (Å²) in [7, 11) is 0. The lowest BCUT2D eigenvalue weighted by Crippen LogP contribution is -2.12. The van der Waals surface area contributed by atoms with Crippen LogP contribution >= 0.6 is 59.1 Å². The largest absolute Gasteiger partial charge is 0.494 e. The Hall–Kier alpha value is 0.120. The predicted molar refractivity (Wildman–Crippen MR) is 91.1 cm³/mol. The number of rotatable bonds is 4. The second-order valence-corrected chi connectivity index (χ2v) is 8.03. The normalized spacial score (nSPS) is 12.5. The molecule has 0 fully saturated rings. The SMILES string of the molecule is CCOc1ccc(Br)cc1C(N)c1cc(Br)c(Br)s1.